The number of hydrogen-bond donors (Lipinski definition) is 1. The van der Waals surface area contributed by atoms with Crippen LogP contribution in [-0.2, 0) is 34.3 Å². The molecule has 0 fully saturated rings. The maximum Gasteiger partial charge on any atom is 0.244 e. The molecule has 1 atom stereocenters. The Kier molecular flexibility index (Phi) is 7.10. The highest BCUT2D eigenvalue weighted by Gasteiger charge is 2.39. The van der Waals surface area contributed by atoms with E-state index in [0.717, 1.165) is 24.1 Å². The van der Waals surface area contributed by atoms with Crippen LogP contribution in [0, 0.1) is 0 Å². The van der Waals surface area contributed by atoms with Gasteiger partial charge in [-0.3, -0.25) is 4.79 Å². The molecule has 2 aromatic carbocycles. The molecule has 0 aliphatic carbocycles. The highest BCUT2D eigenvalue weighted by atomic mass is 32.2. The van der Waals surface area contributed by atoms with Crippen LogP contribution in [0.2, 0.25) is 0 Å². The van der Waals surface area contributed by atoms with E-state index >= 15 is 0 Å². The number of carbonyl (C=O) groups excluding carboxylic acids is 1. The van der Waals surface area contributed by atoms with E-state index in [4.69, 9.17) is 4.74 Å². The van der Waals surface area contributed by atoms with Gasteiger partial charge in [0.15, 0.2) is 0 Å². The Morgan fingerprint density at radius 3 is 2.61 bits per heavy atom. The fourth-order valence-electron chi connectivity index (χ4n) is 3.99. The molecule has 1 amide bonds. The number of rotatable bonds is 9. The molecule has 2 heterocycles. The predicted molar refractivity (Wildman–Crippen MR) is 124 cm³/mol. The van der Waals surface area contributed by atoms with Crippen LogP contribution in [0.1, 0.15) is 24.5 Å². The highest BCUT2D eigenvalue weighted by molar-refractivity contribution is 7.89. The van der Waals surface area contributed by atoms with Gasteiger partial charge in [-0.15, -0.1) is 0 Å². The lowest BCUT2D eigenvalue weighted by Gasteiger charge is -2.35. The van der Waals surface area contributed by atoms with Gasteiger partial charge >= 0.3 is 0 Å². The van der Waals surface area contributed by atoms with Crippen LogP contribution in [0.15, 0.2) is 72.1 Å². The third-order valence-corrected chi connectivity index (χ3v) is 7.57. The average molecular weight is 469 g/mol. The third-order valence-electron chi connectivity index (χ3n) is 5.70. The van der Waals surface area contributed by atoms with Crippen molar-refractivity contribution in [1.82, 2.24) is 19.2 Å². The normalized spacial score (nSPS) is 16.2. The molecular formula is C24H28N4O4S. The zero-order chi connectivity index (χ0) is 23.3. The van der Waals surface area contributed by atoms with Gasteiger partial charge in [0.1, 0.15) is 11.8 Å². The molecule has 0 radical (unpaired) electrons. The highest BCUT2D eigenvalue weighted by Crippen LogP contribution is 2.30. The number of nitrogens with zero attached hydrogens (tertiary/aromatic N) is 3. The first-order valence-electron chi connectivity index (χ1n) is 11.0. The maximum absolute atomic E-state index is 13.6. The molecule has 1 aromatic heterocycles. The Morgan fingerprint density at radius 2 is 1.91 bits per heavy atom. The number of fused-ring (bicyclic) bond motifs is 1. The molecule has 174 valence electrons. The summed E-state index contributed by atoms with van der Waals surface area (Å²) in [5.74, 6) is 0.317. The van der Waals surface area contributed by atoms with Crippen molar-refractivity contribution < 1.29 is 17.9 Å². The van der Waals surface area contributed by atoms with Crippen molar-refractivity contribution in [2.45, 2.75) is 43.8 Å². The van der Waals surface area contributed by atoms with Crippen molar-refractivity contribution in [3.8, 4) is 5.75 Å². The summed E-state index contributed by atoms with van der Waals surface area (Å²) in [5, 5.41) is 2.93. The van der Waals surface area contributed by atoms with Gasteiger partial charge in [-0.05, 0) is 55.2 Å². The van der Waals surface area contributed by atoms with E-state index in [1.54, 1.807) is 24.7 Å². The number of carbonyl (C=O) groups is 1. The van der Waals surface area contributed by atoms with Crippen LogP contribution >= 0.6 is 0 Å². The van der Waals surface area contributed by atoms with Gasteiger partial charge in [0.05, 0.1) is 17.8 Å². The molecule has 0 saturated heterocycles. The minimum Gasteiger partial charge on any atom is -0.494 e. The van der Waals surface area contributed by atoms with E-state index in [1.807, 2.05) is 42.0 Å². The van der Waals surface area contributed by atoms with Gasteiger partial charge in [0.2, 0.25) is 15.9 Å². The number of ether oxygens (including phenoxy) is 1. The van der Waals surface area contributed by atoms with E-state index in [1.165, 1.54) is 16.4 Å². The minimum atomic E-state index is -3.89. The van der Waals surface area contributed by atoms with Crippen LogP contribution in [-0.4, -0.2) is 47.4 Å². The van der Waals surface area contributed by atoms with Crippen LogP contribution < -0.4 is 10.1 Å². The fourth-order valence-corrected chi connectivity index (χ4v) is 5.56. The Labute approximate surface area is 194 Å². The van der Waals surface area contributed by atoms with E-state index in [-0.39, 0.29) is 17.3 Å². The number of aromatic nitrogens is 2. The summed E-state index contributed by atoms with van der Waals surface area (Å²) < 4.78 is 35.8. The van der Waals surface area contributed by atoms with Crippen molar-refractivity contribution in [2.75, 3.05) is 13.2 Å². The molecule has 3 aromatic rings. The smallest absolute Gasteiger partial charge is 0.244 e. The van der Waals surface area contributed by atoms with Crippen molar-refractivity contribution >= 4 is 15.9 Å². The third kappa shape index (κ3) is 5.26. The van der Waals surface area contributed by atoms with E-state index < -0.39 is 16.1 Å². The number of amides is 1. The van der Waals surface area contributed by atoms with Crippen LogP contribution in [0.25, 0.3) is 0 Å². The van der Waals surface area contributed by atoms with E-state index in [2.05, 4.69) is 10.3 Å². The Morgan fingerprint density at radius 1 is 1.15 bits per heavy atom. The van der Waals surface area contributed by atoms with Gasteiger partial charge in [-0.25, -0.2) is 13.4 Å². The lowest BCUT2D eigenvalue weighted by molar-refractivity contribution is -0.125. The quantitative estimate of drug-likeness (QED) is 0.487. The zero-order valence-electron chi connectivity index (χ0n) is 18.6. The van der Waals surface area contributed by atoms with Crippen molar-refractivity contribution in [3.63, 3.8) is 0 Å². The first-order valence-corrected chi connectivity index (χ1v) is 12.5. The number of nitrogens with one attached hydrogen (secondary N) is 1. The second-order valence-electron chi connectivity index (χ2n) is 7.89. The zero-order valence-corrected chi connectivity index (χ0v) is 19.4. The number of hydrogen-bond acceptors (Lipinski definition) is 5. The Balaban J connectivity index is 1.53. The van der Waals surface area contributed by atoms with Crippen LogP contribution in [0.3, 0.4) is 0 Å². The number of sulfonamides is 1. The van der Waals surface area contributed by atoms with Gasteiger partial charge in [-0.1, -0.05) is 24.3 Å². The summed E-state index contributed by atoms with van der Waals surface area (Å²) in [6.07, 6.45) is 6.36. The molecule has 1 aliphatic heterocycles. The predicted octanol–water partition coefficient (Wildman–Crippen LogP) is 2.60. The lowest BCUT2D eigenvalue weighted by atomic mass is 9.95. The molecule has 0 spiro atoms. The summed E-state index contributed by atoms with van der Waals surface area (Å²) in [6.45, 7) is 3.69. The minimum absolute atomic E-state index is 0.142. The molecule has 1 aliphatic rings. The Hall–Kier alpha value is -3.17. The first-order chi connectivity index (χ1) is 16.0. The molecule has 0 saturated carbocycles. The fraction of sp³-hybridized carbons (Fsp3) is 0.333. The largest absolute Gasteiger partial charge is 0.494 e. The molecule has 0 bridgehead atoms. The number of benzene rings is 2. The van der Waals surface area contributed by atoms with Crippen LogP contribution in [0.4, 0.5) is 0 Å². The SMILES string of the molecule is CCOc1ccc(S(=O)(=O)N2Cc3ccccc3C[C@H]2C(=O)NCCCn2ccnc2)cc1. The summed E-state index contributed by atoms with van der Waals surface area (Å²) >= 11 is 0. The molecular weight excluding hydrogens is 440 g/mol. The van der Waals surface area contributed by atoms with Crippen molar-refractivity contribution in [3.05, 3.63) is 78.4 Å². The first kappa shape index (κ1) is 23.0. The van der Waals surface area contributed by atoms with Gasteiger partial charge < -0.3 is 14.6 Å². The second-order valence-corrected chi connectivity index (χ2v) is 9.78. The van der Waals surface area contributed by atoms with E-state index in [0.29, 0.717) is 25.3 Å². The number of imidazole rings is 1. The number of aryl methyl sites for hydroxylation is 1. The van der Waals surface area contributed by atoms with Gasteiger partial charge in [0, 0.05) is 32.0 Å². The Bertz CT molecular complexity index is 1180. The molecule has 1 N–H and O–H groups in total. The van der Waals surface area contributed by atoms with E-state index in [9.17, 15) is 13.2 Å². The summed E-state index contributed by atoms with van der Waals surface area (Å²) in [4.78, 5) is 17.3. The second kappa shape index (κ2) is 10.2. The van der Waals surface area contributed by atoms with Gasteiger partial charge in [-0.2, -0.15) is 4.31 Å². The monoisotopic (exact) mass is 468 g/mol. The standard InChI is InChI=1S/C24H28N4O4S/c1-2-32-21-8-10-22(11-9-21)33(30,31)28-17-20-7-4-3-6-19(20)16-23(28)24(29)26-12-5-14-27-15-13-25-18-27/h3-4,6-11,13,15,18,23H,2,5,12,14,16-17H2,1H3,(H,26,29)/t23-/m0/s1. The lowest BCUT2D eigenvalue weighted by Crippen LogP contribution is -2.52. The molecule has 4 rings (SSSR count). The molecule has 8 nitrogen and oxygen atoms in total. The molecule has 0 unspecified atom stereocenters. The van der Waals surface area contributed by atoms with Gasteiger partial charge in [0.25, 0.3) is 0 Å². The molecule has 33 heavy (non-hydrogen) atoms. The van der Waals surface area contributed by atoms with Crippen molar-refractivity contribution in [1.29, 1.82) is 0 Å². The van der Waals surface area contributed by atoms with Crippen molar-refractivity contribution in [2.24, 2.45) is 0 Å². The summed E-state index contributed by atoms with van der Waals surface area (Å²) in [7, 11) is -3.89. The summed E-state index contributed by atoms with van der Waals surface area (Å²) in [6, 6.07) is 13.2. The maximum atomic E-state index is 13.6. The van der Waals surface area contributed by atoms with Crippen LogP contribution in [0.5, 0.6) is 5.75 Å². The summed E-state index contributed by atoms with van der Waals surface area (Å²) in [5.41, 5.74) is 1.91. The molecule has 9 heteroatoms. The average Bonchev–Trinajstić information content (AvgIpc) is 3.35. The topological polar surface area (TPSA) is 93.5 Å².